The van der Waals surface area contributed by atoms with E-state index >= 15 is 0 Å². The molecule has 1 aromatic heterocycles. The standard InChI is InChI=1S/C17H27N3OSi/c1-22(2,3)9-8-21-12-20-11-19-15-7-6-14(10-16(15)20)17(18)13-4-5-13/h6-7,10-11,13,17H,4-5,8-9,12,18H2,1-3H3/t17-/m1/s1. The molecule has 2 N–H and O–H groups in total. The fourth-order valence-electron chi connectivity index (χ4n) is 2.65. The lowest BCUT2D eigenvalue weighted by atomic mass is 10.0. The van der Waals surface area contributed by atoms with E-state index < -0.39 is 8.07 Å². The van der Waals surface area contributed by atoms with E-state index in [9.17, 15) is 0 Å². The molecule has 0 aliphatic heterocycles. The summed E-state index contributed by atoms with van der Waals surface area (Å²) < 4.78 is 7.93. The van der Waals surface area contributed by atoms with Gasteiger partial charge >= 0.3 is 0 Å². The van der Waals surface area contributed by atoms with Crippen LogP contribution in [0, 0.1) is 5.92 Å². The average molecular weight is 318 g/mol. The topological polar surface area (TPSA) is 53.1 Å². The van der Waals surface area contributed by atoms with Crippen molar-refractivity contribution in [1.82, 2.24) is 9.55 Å². The van der Waals surface area contributed by atoms with Crippen LogP contribution in [0.3, 0.4) is 0 Å². The van der Waals surface area contributed by atoms with E-state index in [4.69, 9.17) is 10.5 Å². The Morgan fingerprint density at radius 1 is 1.36 bits per heavy atom. The number of fused-ring (bicyclic) bond motifs is 1. The smallest absolute Gasteiger partial charge is 0.124 e. The van der Waals surface area contributed by atoms with Crippen LogP contribution in [-0.2, 0) is 11.5 Å². The minimum Gasteiger partial charge on any atom is -0.361 e. The van der Waals surface area contributed by atoms with E-state index in [1.54, 1.807) is 0 Å². The van der Waals surface area contributed by atoms with E-state index in [2.05, 4.69) is 47.4 Å². The zero-order valence-corrected chi connectivity index (χ0v) is 14.9. The minimum atomic E-state index is -1.03. The molecule has 1 fully saturated rings. The van der Waals surface area contributed by atoms with Gasteiger partial charge in [-0.05, 0) is 42.5 Å². The lowest BCUT2D eigenvalue weighted by Gasteiger charge is -2.16. The Morgan fingerprint density at radius 2 is 2.14 bits per heavy atom. The van der Waals surface area contributed by atoms with Gasteiger partial charge in [-0.3, -0.25) is 0 Å². The highest BCUT2D eigenvalue weighted by Crippen LogP contribution is 2.39. The van der Waals surface area contributed by atoms with Crippen LogP contribution < -0.4 is 5.73 Å². The molecule has 1 atom stereocenters. The van der Waals surface area contributed by atoms with Crippen molar-refractivity contribution in [2.24, 2.45) is 11.7 Å². The summed E-state index contributed by atoms with van der Waals surface area (Å²) in [6.07, 6.45) is 4.39. The number of benzene rings is 1. The number of nitrogens with two attached hydrogens (primary N) is 1. The molecule has 0 unspecified atom stereocenters. The summed E-state index contributed by atoms with van der Waals surface area (Å²) in [6, 6.07) is 7.74. The van der Waals surface area contributed by atoms with Crippen LogP contribution in [0.1, 0.15) is 24.4 Å². The molecule has 1 aliphatic carbocycles. The fraction of sp³-hybridized carbons (Fsp3) is 0.588. The number of aromatic nitrogens is 2. The third-order valence-corrected chi connectivity index (χ3v) is 6.09. The number of hydrogen-bond acceptors (Lipinski definition) is 3. The Labute approximate surface area is 133 Å². The second kappa shape index (κ2) is 6.14. The average Bonchev–Trinajstić information content (AvgIpc) is 3.23. The number of imidazole rings is 1. The molecule has 0 radical (unpaired) electrons. The molecule has 0 amide bonds. The highest BCUT2D eigenvalue weighted by atomic mass is 28.3. The van der Waals surface area contributed by atoms with E-state index in [-0.39, 0.29) is 6.04 Å². The van der Waals surface area contributed by atoms with Gasteiger partial charge in [0.05, 0.1) is 17.4 Å². The molecular formula is C17H27N3OSi. The second-order valence-corrected chi connectivity index (χ2v) is 13.3. The molecule has 4 nitrogen and oxygen atoms in total. The summed E-state index contributed by atoms with van der Waals surface area (Å²) in [5.41, 5.74) is 9.69. The summed E-state index contributed by atoms with van der Waals surface area (Å²) in [4.78, 5) is 4.46. The maximum Gasteiger partial charge on any atom is 0.124 e. The molecule has 22 heavy (non-hydrogen) atoms. The largest absolute Gasteiger partial charge is 0.361 e. The zero-order valence-electron chi connectivity index (χ0n) is 13.9. The van der Waals surface area contributed by atoms with Crippen molar-refractivity contribution in [1.29, 1.82) is 0 Å². The first-order valence-corrected chi connectivity index (χ1v) is 11.9. The first kappa shape index (κ1) is 15.7. The van der Waals surface area contributed by atoms with Crippen molar-refractivity contribution in [2.45, 2.75) is 51.3 Å². The number of rotatable bonds is 7. The van der Waals surface area contributed by atoms with Crippen molar-refractivity contribution < 1.29 is 4.74 Å². The maximum absolute atomic E-state index is 6.32. The van der Waals surface area contributed by atoms with E-state index in [1.165, 1.54) is 24.4 Å². The van der Waals surface area contributed by atoms with Crippen LogP contribution >= 0.6 is 0 Å². The van der Waals surface area contributed by atoms with Crippen LogP contribution in [0.2, 0.25) is 25.7 Å². The van der Waals surface area contributed by atoms with E-state index in [1.807, 2.05) is 6.33 Å². The SMILES string of the molecule is C[Si](C)(C)CCOCn1cnc2ccc([C@H](N)C3CC3)cc21. The third kappa shape index (κ3) is 3.77. The van der Waals surface area contributed by atoms with Crippen LogP contribution in [0.15, 0.2) is 24.5 Å². The predicted octanol–water partition coefficient (Wildman–Crippen LogP) is 3.76. The van der Waals surface area contributed by atoms with Gasteiger partial charge in [-0.1, -0.05) is 25.7 Å². The lowest BCUT2D eigenvalue weighted by Crippen LogP contribution is -2.22. The first-order chi connectivity index (χ1) is 10.4. The van der Waals surface area contributed by atoms with Crippen molar-refractivity contribution >= 4 is 19.1 Å². The Hall–Kier alpha value is -1.17. The van der Waals surface area contributed by atoms with Gasteiger partial charge in [-0.15, -0.1) is 0 Å². The van der Waals surface area contributed by atoms with Gasteiger partial charge in [0.2, 0.25) is 0 Å². The highest BCUT2D eigenvalue weighted by Gasteiger charge is 2.29. The highest BCUT2D eigenvalue weighted by molar-refractivity contribution is 6.76. The number of ether oxygens (including phenoxy) is 1. The predicted molar refractivity (Wildman–Crippen MR) is 93.5 cm³/mol. The van der Waals surface area contributed by atoms with Crippen LogP contribution in [0.4, 0.5) is 0 Å². The van der Waals surface area contributed by atoms with Gasteiger partial charge in [0, 0.05) is 20.7 Å². The van der Waals surface area contributed by atoms with Crippen LogP contribution in [0.25, 0.3) is 11.0 Å². The fourth-order valence-corrected chi connectivity index (χ4v) is 3.41. The Morgan fingerprint density at radius 3 is 2.82 bits per heavy atom. The van der Waals surface area contributed by atoms with Crippen molar-refractivity contribution in [3.05, 3.63) is 30.1 Å². The van der Waals surface area contributed by atoms with Crippen molar-refractivity contribution in [3.63, 3.8) is 0 Å². The quantitative estimate of drug-likeness (QED) is 0.625. The van der Waals surface area contributed by atoms with Gasteiger partial charge in [-0.2, -0.15) is 0 Å². The van der Waals surface area contributed by atoms with E-state index in [0.29, 0.717) is 12.6 Å². The van der Waals surface area contributed by atoms with Gasteiger partial charge in [0.15, 0.2) is 0 Å². The monoisotopic (exact) mass is 317 g/mol. The zero-order chi connectivity index (χ0) is 15.7. The second-order valence-electron chi connectivity index (χ2n) is 7.67. The summed E-state index contributed by atoms with van der Waals surface area (Å²) in [7, 11) is -1.03. The Balaban J connectivity index is 1.68. The van der Waals surface area contributed by atoms with Crippen molar-refractivity contribution in [3.8, 4) is 0 Å². The Kier molecular flexibility index (Phi) is 4.39. The number of nitrogens with zero attached hydrogens (tertiary/aromatic N) is 2. The maximum atomic E-state index is 6.32. The molecule has 0 saturated heterocycles. The molecule has 2 aromatic rings. The molecule has 3 rings (SSSR count). The van der Waals surface area contributed by atoms with Gasteiger partial charge < -0.3 is 15.0 Å². The third-order valence-electron chi connectivity index (χ3n) is 4.39. The molecule has 5 heteroatoms. The summed E-state index contributed by atoms with van der Waals surface area (Å²) >= 11 is 0. The number of hydrogen-bond donors (Lipinski definition) is 1. The van der Waals surface area contributed by atoms with Crippen LogP contribution in [0.5, 0.6) is 0 Å². The first-order valence-electron chi connectivity index (χ1n) is 8.22. The normalized spacial score (nSPS) is 17.1. The summed E-state index contributed by atoms with van der Waals surface area (Å²) in [5.74, 6) is 0.668. The Bertz CT molecular complexity index is 643. The van der Waals surface area contributed by atoms with Gasteiger partial charge in [0.25, 0.3) is 0 Å². The molecule has 0 bridgehead atoms. The summed E-state index contributed by atoms with van der Waals surface area (Å²) in [6.45, 7) is 8.51. The summed E-state index contributed by atoms with van der Waals surface area (Å²) in [5, 5.41) is 0. The molecule has 1 saturated carbocycles. The molecule has 1 aromatic carbocycles. The molecular weight excluding hydrogens is 290 g/mol. The molecule has 0 spiro atoms. The lowest BCUT2D eigenvalue weighted by molar-refractivity contribution is 0.0898. The molecule has 120 valence electrons. The van der Waals surface area contributed by atoms with Gasteiger partial charge in [0.1, 0.15) is 6.73 Å². The van der Waals surface area contributed by atoms with Crippen LogP contribution in [-0.4, -0.2) is 24.2 Å². The molecule has 1 aliphatic rings. The molecule has 1 heterocycles. The minimum absolute atomic E-state index is 0.167. The van der Waals surface area contributed by atoms with Gasteiger partial charge in [-0.25, -0.2) is 4.98 Å². The van der Waals surface area contributed by atoms with Crippen molar-refractivity contribution in [2.75, 3.05) is 6.61 Å². The van der Waals surface area contributed by atoms with E-state index in [0.717, 1.165) is 17.6 Å².